The number of methoxy groups -OCH3 is 1. The van der Waals surface area contributed by atoms with E-state index in [0.717, 1.165) is 12.1 Å². The maximum atomic E-state index is 13.6. The molecule has 0 fully saturated rings. The van der Waals surface area contributed by atoms with Crippen molar-refractivity contribution in [1.82, 2.24) is 5.32 Å². The summed E-state index contributed by atoms with van der Waals surface area (Å²) in [5.41, 5.74) is -0.117. The van der Waals surface area contributed by atoms with E-state index in [1.54, 1.807) is 31.2 Å². The number of rotatable bonds is 5. The molecule has 0 saturated carbocycles. The first kappa shape index (κ1) is 16.9. The Morgan fingerprint density at radius 3 is 2.22 bits per heavy atom. The van der Waals surface area contributed by atoms with Crippen LogP contribution in [0.25, 0.3) is 0 Å². The number of carbonyl (C=O) groups excluding carboxylic acids is 1. The summed E-state index contributed by atoms with van der Waals surface area (Å²) in [6.07, 6.45) is -1.03. The Hall–Kier alpha value is -2.47. The van der Waals surface area contributed by atoms with E-state index in [2.05, 4.69) is 5.32 Å². The molecular formula is C17H17F2NO3. The first-order valence-electron chi connectivity index (χ1n) is 7.01. The Labute approximate surface area is 132 Å². The third kappa shape index (κ3) is 3.84. The molecule has 23 heavy (non-hydrogen) atoms. The van der Waals surface area contributed by atoms with Crippen LogP contribution >= 0.6 is 0 Å². The van der Waals surface area contributed by atoms with Crippen molar-refractivity contribution >= 4 is 5.91 Å². The molecule has 6 heteroatoms. The molecule has 122 valence electrons. The predicted octanol–water partition coefficient (Wildman–Crippen LogP) is 2.83. The Morgan fingerprint density at radius 2 is 1.70 bits per heavy atom. The van der Waals surface area contributed by atoms with E-state index >= 15 is 0 Å². The molecule has 2 aromatic rings. The summed E-state index contributed by atoms with van der Waals surface area (Å²) in [4.78, 5) is 12.0. The highest BCUT2D eigenvalue weighted by Crippen LogP contribution is 2.21. The van der Waals surface area contributed by atoms with Crippen molar-refractivity contribution in [3.63, 3.8) is 0 Å². The van der Waals surface area contributed by atoms with Crippen LogP contribution in [0.3, 0.4) is 0 Å². The van der Waals surface area contributed by atoms with E-state index in [1.165, 1.54) is 13.2 Å². The first-order chi connectivity index (χ1) is 10.9. The highest BCUT2D eigenvalue weighted by Gasteiger charge is 2.23. The summed E-state index contributed by atoms with van der Waals surface area (Å²) in [7, 11) is 1.53. The molecule has 2 N–H and O–H groups in total. The van der Waals surface area contributed by atoms with Crippen molar-refractivity contribution in [1.29, 1.82) is 0 Å². The van der Waals surface area contributed by atoms with E-state index in [9.17, 15) is 18.7 Å². The second-order valence-electron chi connectivity index (χ2n) is 5.08. The normalized spacial score (nSPS) is 13.3. The van der Waals surface area contributed by atoms with Crippen LogP contribution in [0, 0.1) is 11.6 Å². The van der Waals surface area contributed by atoms with Crippen molar-refractivity contribution in [3.05, 3.63) is 65.2 Å². The molecule has 2 rings (SSSR count). The predicted molar refractivity (Wildman–Crippen MR) is 81.2 cm³/mol. The Kier molecular flexibility index (Phi) is 5.28. The van der Waals surface area contributed by atoms with E-state index in [4.69, 9.17) is 4.74 Å². The van der Waals surface area contributed by atoms with Crippen molar-refractivity contribution in [2.75, 3.05) is 7.11 Å². The standard InChI is InChI=1S/C17H17F2NO3/c1-10(16(21)11-6-8-12(23-2)9-7-11)20-17(22)15-13(18)4-3-5-14(15)19/h3-10,16,21H,1-2H3,(H,20,22). The number of hydrogen-bond acceptors (Lipinski definition) is 3. The van der Waals surface area contributed by atoms with Gasteiger partial charge in [0.25, 0.3) is 5.91 Å². The number of benzene rings is 2. The third-order valence-electron chi connectivity index (χ3n) is 3.48. The fourth-order valence-electron chi connectivity index (χ4n) is 2.16. The molecule has 0 radical (unpaired) electrons. The van der Waals surface area contributed by atoms with Gasteiger partial charge in [-0.15, -0.1) is 0 Å². The minimum absolute atomic E-state index is 0.549. The summed E-state index contributed by atoms with van der Waals surface area (Å²) in [5.74, 6) is -2.19. The number of aliphatic hydroxyl groups is 1. The summed E-state index contributed by atoms with van der Waals surface area (Å²) in [6, 6.07) is 9.08. The van der Waals surface area contributed by atoms with Gasteiger partial charge < -0.3 is 15.2 Å². The van der Waals surface area contributed by atoms with Gasteiger partial charge in [0.05, 0.1) is 19.3 Å². The number of amides is 1. The summed E-state index contributed by atoms with van der Waals surface area (Å²) in [6.45, 7) is 1.55. The Balaban J connectivity index is 2.11. The topological polar surface area (TPSA) is 58.6 Å². The van der Waals surface area contributed by atoms with Crippen molar-refractivity contribution in [2.45, 2.75) is 19.1 Å². The van der Waals surface area contributed by atoms with Crippen molar-refractivity contribution < 1.29 is 23.4 Å². The monoisotopic (exact) mass is 321 g/mol. The third-order valence-corrected chi connectivity index (χ3v) is 3.48. The summed E-state index contributed by atoms with van der Waals surface area (Å²) >= 11 is 0. The highest BCUT2D eigenvalue weighted by atomic mass is 19.1. The lowest BCUT2D eigenvalue weighted by Crippen LogP contribution is -2.37. The lowest BCUT2D eigenvalue weighted by molar-refractivity contribution is 0.0844. The number of halogens is 2. The van der Waals surface area contributed by atoms with E-state index < -0.39 is 35.3 Å². The van der Waals surface area contributed by atoms with Crippen molar-refractivity contribution in [3.8, 4) is 5.75 Å². The van der Waals surface area contributed by atoms with E-state index in [1.807, 2.05) is 0 Å². The van der Waals surface area contributed by atoms with Crippen LogP contribution in [0.1, 0.15) is 28.9 Å². The van der Waals surface area contributed by atoms with Gasteiger partial charge in [-0.05, 0) is 36.8 Å². The van der Waals surface area contributed by atoms with Gasteiger partial charge in [0.2, 0.25) is 0 Å². The molecule has 0 bridgehead atoms. The fraction of sp³-hybridized carbons (Fsp3) is 0.235. The van der Waals surface area contributed by atoms with Crippen LogP contribution in [-0.2, 0) is 0 Å². The average Bonchev–Trinajstić information content (AvgIpc) is 2.54. The van der Waals surface area contributed by atoms with Gasteiger partial charge in [-0.2, -0.15) is 0 Å². The van der Waals surface area contributed by atoms with Gasteiger partial charge >= 0.3 is 0 Å². The molecule has 2 atom stereocenters. The molecule has 0 aromatic heterocycles. The fourth-order valence-corrected chi connectivity index (χ4v) is 2.16. The van der Waals surface area contributed by atoms with Crippen LogP contribution in [0.15, 0.2) is 42.5 Å². The number of nitrogens with one attached hydrogen (secondary N) is 1. The Bertz CT molecular complexity index is 668. The van der Waals surface area contributed by atoms with E-state index in [-0.39, 0.29) is 0 Å². The maximum Gasteiger partial charge on any atom is 0.257 e. The van der Waals surface area contributed by atoms with Gasteiger partial charge in [-0.1, -0.05) is 18.2 Å². The lowest BCUT2D eigenvalue weighted by Gasteiger charge is -2.21. The van der Waals surface area contributed by atoms with Gasteiger partial charge in [0.15, 0.2) is 0 Å². The smallest absolute Gasteiger partial charge is 0.257 e. The van der Waals surface area contributed by atoms with Crippen LogP contribution in [0.2, 0.25) is 0 Å². The number of carbonyl (C=O) groups is 1. The zero-order valence-corrected chi connectivity index (χ0v) is 12.7. The molecule has 0 heterocycles. The highest BCUT2D eigenvalue weighted by molar-refractivity contribution is 5.94. The Morgan fingerprint density at radius 1 is 1.13 bits per heavy atom. The average molecular weight is 321 g/mol. The minimum Gasteiger partial charge on any atom is -0.497 e. The second kappa shape index (κ2) is 7.19. The first-order valence-corrected chi connectivity index (χ1v) is 7.01. The zero-order chi connectivity index (χ0) is 17.0. The maximum absolute atomic E-state index is 13.6. The van der Waals surface area contributed by atoms with Gasteiger partial charge in [-0.25, -0.2) is 8.78 Å². The van der Waals surface area contributed by atoms with Crippen LogP contribution in [0.4, 0.5) is 8.78 Å². The minimum atomic E-state index is -1.03. The number of aliphatic hydroxyl groups excluding tert-OH is 1. The number of ether oxygens (including phenoxy) is 1. The molecule has 2 unspecified atom stereocenters. The van der Waals surface area contributed by atoms with E-state index in [0.29, 0.717) is 11.3 Å². The largest absolute Gasteiger partial charge is 0.497 e. The molecule has 0 aliphatic carbocycles. The van der Waals surface area contributed by atoms with Crippen LogP contribution in [0.5, 0.6) is 5.75 Å². The van der Waals surface area contributed by atoms with Crippen molar-refractivity contribution in [2.24, 2.45) is 0 Å². The summed E-state index contributed by atoms with van der Waals surface area (Å²) in [5, 5.41) is 12.6. The molecule has 1 amide bonds. The molecular weight excluding hydrogens is 304 g/mol. The molecule has 4 nitrogen and oxygen atoms in total. The molecule has 0 aliphatic rings. The van der Waals surface area contributed by atoms with Gasteiger partial charge in [0.1, 0.15) is 22.9 Å². The van der Waals surface area contributed by atoms with Crippen LogP contribution < -0.4 is 10.1 Å². The SMILES string of the molecule is COc1ccc(C(O)C(C)NC(=O)c2c(F)cccc2F)cc1. The lowest BCUT2D eigenvalue weighted by atomic mass is 10.0. The quantitative estimate of drug-likeness (QED) is 0.890. The number of hydrogen-bond donors (Lipinski definition) is 2. The second-order valence-corrected chi connectivity index (χ2v) is 5.08. The van der Waals surface area contributed by atoms with Gasteiger partial charge in [0, 0.05) is 0 Å². The summed E-state index contributed by atoms with van der Waals surface area (Å²) < 4.78 is 32.2. The molecule has 2 aromatic carbocycles. The zero-order valence-electron chi connectivity index (χ0n) is 12.7. The molecule has 0 aliphatic heterocycles. The van der Waals surface area contributed by atoms with Gasteiger partial charge in [-0.3, -0.25) is 4.79 Å². The van der Waals surface area contributed by atoms with Crippen LogP contribution in [-0.4, -0.2) is 24.2 Å². The molecule has 0 saturated heterocycles. The molecule has 0 spiro atoms.